The molecule has 0 radical (unpaired) electrons. The number of nitrogens with zero attached hydrogens (tertiary/aromatic N) is 3. The minimum absolute atomic E-state index is 0.00646. The Labute approximate surface area is 236 Å². The van der Waals surface area contributed by atoms with Gasteiger partial charge < -0.3 is 15.6 Å². The highest BCUT2D eigenvalue weighted by Crippen LogP contribution is 2.30. The van der Waals surface area contributed by atoms with Crippen molar-refractivity contribution in [3.8, 4) is 11.1 Å². The van der Waals surface area contributed by atoms with Crippen molar-refractivity contribution in [1.29, 1.82) is 0 Å². The summed E-state index contributed by atoms with van der Waals surface area (Å²) in [7, 11) is 0. The molecule has 0 aliphatic carbocycles. The summed E-state index contributed by atoms with van der Waals surface area (Å²) in [4.78, 5) is 34.4. The topological polar surface area (TPSA) is 103 Å². The van der Waals surface area contributed by atoms with E-state index >= 15 is 0 Å². The zero-order valence-corrected chi connectivity index (χ0v) is 23.3. The number of hydrogen-bond donors (Lipinski definition) is 2. The summed E-state index contributed by atoms with van der Waals surface area (Å²) < 4.78 is 44.2. The SMILES string of the molecule is CC(C)c1cn(CC(=O)N[C@@H](Cc2cc(F)cc(F)c2)c2ncccc2-c2ccc(F)c(C(N)=O)c2)c(C(C)C)n1. The molecule has 0 unspecified atom stereocenters. The predicted molar refractivity (Wildman–Crippen MR) is 149 cm³/mol. The molecule has 214 valence electrons. The molecule has 2 aromatic heterocycles. The maximum atomic E-state index is 14.2. The second-order valence-corrected chi connectivity index (χ2v) is 10.6. The Morgan fingerprint density at radius 3 is 2.32 bits per heavy atom. The minimum Gasteiger partial charge on any atom is -0.366 e. The average Bonchev–Trinajstić information content (AvgIpc) is 3.32. The zero-order chi connectivity index (χ0) is 29.8. The van der Waals surface area contributed by atoms with Gasteiger partial charge in [0.2, 0.25) is 5.91 Å². The number of hydrogen-bond acceptors (Lipinski definition) is 4. The number of nitrogens with two attached hydrogens (primary N) is 1. The lowest BCUT2D eigenvalue weighted by atomic mass is 9.94. The molecule has 41 heavy (non-hydrogen) atoms. The van der Waals surface area contributed by atoms with Crippen molar-refractivity contribution < 1.29 is 22.8 Å². The number of imidazole rings is 1. The van der Waals surface area contributed by atoms with E-state index in [9.17, 15) is 22.8 Å². The van der Waals surface area contributed by atoms with Crippen molar-refractivity contribution in [1.82, 2.24) is 19.9 Å². The van der Waals surface area contributed by atoms with Gasteiger partial charge in [0.05, 0.1) is 23.0 Å². The van der Waals surface area contributed by atoms with E-state index in [1.165, 1.54) is 30.5 Å². The number of carbonyl (C=O) groups is 2. The highest BCUT2D eigenvalue weighted by atomic mass is 19.1. The second-order valence-electron chi connectivity index (χ2n) is 10.6. The molecule has 3 N–H and O–H groups in total. The summed E-state index contributed by atoms with van der Waals surface area (Å²) in [5.74, 6) is -2.57. The van der Waals surface area contributed by atoms with Gasteiger partial charge in [-0.2, -0.15) is 0 Å². The minimum atomic E-state index is -0.933. The van der Waals surface area contributed by atoms with E-state index in [1.54, 1.807) is 16.7 Å². The van der Waals surface area contributed by atoms with Crippen LogP contribution < -0.4 is 11.1 Å². The van der Waals surface area contributed by atoms with Gasteiger partial charge >= 0.3 is 0 Å². The Balaban J connectivity index is 1.74. The summed E-state index contributed by atoms with van der Waals surface area (Å²) >= 11 is 0. The average molecular weight is 564 g/mol. The number of primary amides is 1. The van der Waals surface area contributed by atoms with Gasteiger partial charge in [0.15, 0.2) is 0 Å². The number of benzene rings is 2. The first-order valence-corrected chi connectivity index (χ1v) is 13.3. The standard InChI is InChI=1S/C31H32F3N5O2/c1-17(2)27-15-39(31(38-27)18(3)4)16-28(40)37-26(12-19-10-21(32)14-22(33)11-19)29-23(6-5-9-36-29)20-7-8-25(34)24(13-20)30(35)41/h5-11,13-15,17-18,26H,12,16H2,1-4H3,(H2,35,41)(H,37,40)/t26-/m0/s1. The van der Waals surface area contributed by atoms with Gasteiger partial charge in [-0.1, -0.05) is 39.8 Å². The summed E-state index contributed by atoms with van der Waals surface area (Å²) in [6, 6.07) is 9.58. The van der Waals surface area contributed by atoms with E-state index < -0.39 is 29.4 Å². The van der Waals surface area contributed by atoms with Crippen LogP contribution in [0.1, 0.15) is 78.7 Å². The first-order valence-electron chi connectivity index (χ1n) is 13.3. The van der Waals surface area contributed by atoms with Gasteiger partial charge in [0.25, 0.3) is 5.91 Å². The monoisotopic (exact) mass is 563 g/mol. The van der Waals surface area contributed by atoms with Crippen molar-refractivity contribution >= 4 is 11.8 Å². The molecular formula is C31H32F3N5O2. The molecule has 2 aromatic carbocycles. The molecule has 10 heteroatoms. The van der Waals surface area contributed by atoms with E-state index in [1.807, 2.05) is 33.9 Å². The van der Waals surface area contributed by atoms with E-state index in [4.69, 9.17) is 5.73 Å². The van der Waals surface area contributed by atoms with Crippen LogP contribution in [-0.4, -0.2) is 26.3 Å². The summed E-state index contributed by atoms with van der Waals surface area (Å²) in [5, 5.41) is 2.97. The van der Waals surface area contributed by atoms with E-state index in [2.05, 4.69) is 15.3 Å². The third-order valence-corrected chi connectivity index (χ3v) is 6.66. The van der Waals surface area contributed by atoms with Crippen molar-refractivity contribution in [2.75, 3.05) is 0 Å². The molecule has 0 aliphatic rings. The Morgan fingerprint density at radius 1 is 0.976 bits per heavy atom. The fraction of sp³-hybridized carbons (Fsp3) is 0.290. The number of aromatic nitrogens is 3. The van der Waals surface area contributed by atoms with Crippen LogP contribution in [-0.2, 0) is 17.8 Å². The second kappa shape index (κ2) is 12.4. The van der Waals surface area contributed by atoms with Crippen LogP contribution in [0.15, 0.2) is 60.9 Å². The van der Waals surface area contributed by atoms with E-state index in [0.29, 0.717) is 22.4 Å². The lowest BCUT2D eigenvalue weighted by Crippen LogP contribution is -2.34. The van der Waals surface area contributed by atoms with Gasteiger partial charge in [0, 0.05) is 29.9 Å². The van der Waals surface area contributed by atoms with Crippen LogP contribution in [0, 0.1) is 17.5 Å². The Morgan fingerprint density at radius 2 is 1.68 bits per heavy atom. The third kappa shape index (κ3) is 7.00. The van der Waals surface area contributed by atoms with Crippen molar-refractivity contribution in [2.24, 2.45) is 5.73 Å². The molecular weight excluding hydrogens is 531 g/mol. The summed E-state index contributed by atoms with van der Waals surface area (Å²) in [6.07, 6.45) is 3.38. The summed E-state index contributed by atoms with van der Waals surface area (Å²) in [5.41, 5.74) is 7.51. The quantitative estimate of drug-likeness (QED) is 0.254. The van der Waals surface area contributed by atoms with E-state index in [-0.39, 0.29) is 36.3 Å². The number of amides is 2. The molecule has 0 spiro atoms. The van der Waals surface area contributed by atoms with Crippen LogP contribution in [0.25, 0.3) is 11.1 Å². The maximum absolute atomic E-state index is 14.2. The van der Waals surface area contributed by atoms with Gasteiger partial charge in [-0.15, -0.1) is 0 Å². The highest BCUT2D eigenvalue weighted by molar-refractivity contribution is 5.94. The number of carbonyl (C=O) groups excluding carboxylic acids is 2. The first-order chi connectivity index (χ1) is 19.4. The lowest BCUT2D eigenvalue weighted by Gasteiger charge is -2.22. The zero-order valence-electron chi connectivity index (χ0n) is 23.3. The Hall–Kier alpha value is -4.47. The molecule has 0 saturated carbocycles. The molecule has 2 heterocycles. The molecule has 0 bridgehead atoms. The van der Waals surface area contributed by atoms with Gasteiger partial charge in [-0.3, -0.25) is 14.6 Å². The Bertz CT molecular complexity index is 1560. The van der Waals surface area contributed by atoms with Crippen LogP contribution in [0.3, 0.4) is 0 Å². The molecule has 4 rings (SSSR count). The van der Waals surface area contributed by atoms with Gasteiger partial charge in [-0.25, -0.2) is 18.2 Å². The Kier molecular flexibility index (Phi) is 8.90. The number of nitrogens with one attached hydrogen (secondary N) is 1. The molecule has 0 fully saturated rings. The number of rotatable bonds is 10. The third-order valence-electron chi connectivity index (χ3n) is 6.66. The highest BCUT2D eigenvalue weighted by Gasteiger charge is 2.24. The van der Waals surface area contributed by atoms with Crippen LogP contribution in [0.4, 0.5) is 13.2 Å². The number of halogens is 3. The van der Waals surface area contributed by atoms with Gasteiger partial charge in [-0.05, 0) is 53.8 Å². The fourth-order valence-corrected chi connectivity index (χ4v) is 4.71. The number of pyridine rings is 1. The lowest BCUT2D eigenvalue weighted by molar-refractivity contribution is -0.122. The van der Waals surface area contributed by atoms with Crippen LogP contribution in [0.5, 0.6) is 0 Å². The normalized spacial score (nSPS) is 12.1. The summed E-state index contributed by atoms with van der Waals surface area (Å²) in [6.45, 7) is 7.99. The maximum Gasteiger partial charge on any atom is 0.251 e. The first kappa shape index (κ1) is 29.5. The van der Waals surface area contributed by atoms with Crippen LogP contribution in [0.2, 0.25) is 0 Å². The van der Waals surface area contributed by atoms with Crippen molar-refractivity contribution in [3.63, 3.8) is 0 Å². The molecule has 2 amide bonds. The smallest absolute Gasteiger partial charge is 0.251 e. The fourth-order valence-electron chi connectivity index (χ4n) is 4.71. The van der Waals surface area contributed by atoms with Crippen molar-refractivity contribution in [2.45, 2.75) is 58.5 Å². The molecule has 4 aromatic rings. The van der Waals surface area contributed by atoms with Crippen molar-refractivity contribution in [3.05, 3.63) is 107 Å². The molecule has 0 saturated heterocycles. The molecule has 0 aliphatic heterocycles. The largest absolute Gasteiger partial charge is 0.366 e. The van der Waals surface area contributed by atoms with Gasteiger partial charge in [0.1, 0.15) is 29.8 Å². The van der Waals surface area contributed by atoms with E-state index in [0.717, 1.165) is 23.7 Å². The molecule has 1 atom stereocenters. The van der Waals surface area contributed by atoms with Crippen LogP contribution >= 0.6 is 0 Å². The predicted octanol–water partition coefficient (Wildman–Crippen LogP) is 5.81. The molecule has 7 nitrogen and oxygen atoms in total.